The zero-order valence-corrected chi connectivity index (χ0v) is 16.1. The van der Waals surface area contributed by atoms with E-state index in [1.165, 1.54) is 18.2 Å². The first-order valence-corrected chi connectivity index (χ1v) is 9.92. The lowest BCUT2D eigenvalue weighted by Gasteiger charge is -2.35. The summed E-state index contributed by atoms with van der Waals surface area (Å²) < 4.78 is 55.4. The van der Waals surface area contributed by atoms with Crippen molar-refractivity contribution in [2.24, 2.45) is 5.92 Å². The summed E-state index contributed by atoms with van der Waals surface area (Å²) in [5.41, 5.74) is 3.27. The summed E-state index contributed by atoms with van der Waals surface area (Å²) >= 11 is 0. The molecule has 0 heterocycles. The Morgan fingerprint density at radius 3 is 2.41 bits per heavy atom. The predicted molar refractivity (Wildman–Crippen MR) is 106 cm³/mol. The van der Waals surface area contributed by atoms with Gasteiger partial charge >= 0.3 is 6.36 Å². The van der Waals surface area contributed by atoms with Gasteiger partial charge in [0.2, 0.25) is 0 Å². The van der Waals surface area contributed by atoms with Gasteiger partial charge in [-0.25, -0.2) is 4.39 Å². The number of hydrogen-bond donors (Lipinski definition) is 0. The van der Waals surface area contributed by atoms with E-state index in [1.807, 2.05) is 6.07 Å². The molecule has 0 amide bonds. The number of ether oxygens (including phenoxy) is 1. The monoisotopic (exact) mass is 402 g/mol. The molecule has 1 nitrogen and oxygen atoms in total. The lowest BCUT2D eigenvalue weighted by Crippen LogP contribution is -2.22. The zero-order valence-electron chi connectivity index (χ0n) is 16.1. The number of fused-ring (bicyclic) bond motifs is 3. The first-order valence-electron chi connectivity index (χ1n) is 9.92. The fourth-order valence-corrected chi connectivity index (χ4v) is 4.70. The summed E-state index contributed by atoms with van der Waals surface area (Å²) in [5, 5.41) is 1.94. The van der Waals surface area contributed by atoms with Crippen molar-refractivity contribution in [3.8, 4) is 5.75 Å². The third kappa shape index (κ3) is 4.09. The van der Waals surface area contributed by atoms with Crippen LogP contribution in [0.25, 0.3) is 10.8 Å². The largest absolute Gasteiger partial charge is 0.573 e. The highest BCUT2D eigenvalue weighted by atomic mass is 19.4. The van der Waals surface area contributed by atoms with E-state index in [4.69, 9.17) is 0 Å². The second kappa shape index (κ2) is 7.69. The topological polar surface area (TPSA) is 9.23 Å². The number of halogens is 4. The molecule has 2 atom stereocenters. The van der Waals surface area contributed by atoms with Gasteiger partial charge < -0.3 is 4.74 Å². The van der Waals surface area contributed by atoms with E-state index in [-0.39, 0.29) is 17.5 Å². The zero-order chi connectivity index (χ0) is 20.6. The molecule has 0 fully saturated rings. The lowest BCUT2D eigenvalue weighted by atomic mass is 9.69. The standard InChI is InChI=1S/C24H22F4O/c1-2-3-16-8-12-20-21(13-7-15-4-9-18(25)14-22(15)20)23(16)17-5-10-19(11-6-17)29-24(26,27)28/h4-7,9-11,13-14,16,23H,2-3,8,12H2,1H3. The molecule has 0 saturated heterocycles. The molecule has 0 aliphatic heterocycles. The Balaban J connectivity index is 1.78. The summed E-state index contributed by atoms with van der Waals surface area (Å²) in [5.74, 6) is -0.00381. The lowest BCUT2D eigenvalue weighted by molar-refractivity contribution is -0.274. The van der Waals surface area contributed by atoms with Crippen molar-refractivity contribution < 1.29 is 22.3 Å². The molecule has 0 spiro atoms. The van der Waals surface area contributed by atoms with Crippen LogP contribution in [0.5, 0.6) is 5.75 Å². The summed E-state index contributed by atoms with van der Waals surface area (Å²) in [7, 11) is 0. The number of rotatable bonds is 4. The highest BCUT2D eigenvalue weighted by Crippen LogP contribution is 2.45. The van der Waals surface area contributed by atoms with Crippen molar-refractivity contribution >= 4 is 10.8 Å². The predicted octanol–water partition coefficient (Wildman–Crippen LogP) is 7.37. The fraction of sp³-hybridized carbons (Fsp3) is 0.333. The summed E-state index contributed by atoms with van der Waals surface area (Å²) in [6, 6.07) is 15.2. The van der Waals surface area contributed by atoms with Crippen LogP contribution in [0.1, 0.15) is 48.8 Å². The van der Waals surface area contributed by atoms with E-state index in [1.54, 1.807) is 24.3 Å². The Hall–Kier alpha value is -2.56. The highest BCUT2D eigenvalue weighted by Gasteiger charge is 2.33. The number of hydrogen-bond acceptors (Lipinski definition) is 1. The van der Waals surface area contributed by atoms with Crippen molar-refractivity contribution in [1.82, 2.24) is 0 Å². The normalized spacial score (nSPS) is 19.2. The smallest absolute Gasteiger partial charge is 0.406 e. The second-order valence-corrected chi connectivity index (χ2v) is 7.68. The Morgan fingerprint density at radius 1 is 1.00 bits per heavy atom. The maximum Gasteiger partial charge on any atom is 0.573 e. The van der Waals surface area contributed by atoms with Gasteiger partial charge in [0.25, 0.3) is 0 Å². The third-order valence-electron chi connectivity index (χ3n) is 5.84. The minimum absolute atomic E-state index is 0.0753. The van der Waals surface area contributed by atoms with Crippen molar-refractivity contribution in [1.29, 1.82) is 0 Å². The van der Waals surface area contributed by atoms with Crippen molar-refractivity contribution in [2.75, 3.05) is 0 Å². The van der Waals surface area contributed by atoms with Crippen molar-refractivity contribution in [3.63, 3.8) is 0 Å². The van der Waals surface area contributed by atoms with E-state index >= 15 is 0 Å². The van der Waals surface area contributed by atoms with E-state index < -0.39 is 6.36 Å². The van der Waals surface area contributed by atoms with Crippen LogP contribution >= 0.6 is 0 Å². The quantitative estimate of drug-likeness (QED) is 0.414. The van der Waals surface area contributed by atoms with Gasteiger partial charge in [-0.1, -0.05) is 43.7 Å². The van der Waals surface area contributed by atoms with E-state index in [2.05, 4.69) is 17.7 Å². The molecule has 0 radical (unpaired) electrons. The van der Waals surface area contributed by atoms with E-state index in [0.29, 0.717) is 5.92 Å². The maximum absolute atomic E-state index is 13.9. The van der Waals surface area contributed by atoms with Crippen LogP contribution < -0.4 is 4.74 Å². The Morgan fingerprint density at radius 2 is 1.72 bits per heavy atom. The van der Waals surface area contributed by atoms with E-state index in [0.717, 1.165) is 53.1 Å². The maximum atomic E-state index is 13.9. The van der Waals surface area contributed by atoms with Gasteiger partial charge in [0.1, 0.15) is 11.6 Å². The van der Waals surface area contributed by atoms with Gasteiger partial charge in [-0.15, -0.1) is 13.2 Å². The highest BCUT2D eigenvalue weighted by molar-refractivity contribution is 5.87. The summed E-state index contributed by atoms with van der Waals surface area (Å²) in [4.78, 5) is 0. The van der Waals surface area contributed by atoms with Gasteiger partial charge in [0.15, 0.2) is 0 Å². The average Bonchev–Trinajstić information content (AvgIpc) is 2.67. The molecule has 1 aliphatic rings. The molecule has 0 bridgehead atoms. The first kappa shape index (κ1) is 19.7. The third-order valence-corrected chi connectivity index (χ3v) is 5.84. The summed E-state index contributed by atoms with van der Waals surface area (Å²) in [6.07, 6.45) is -0.777. The average molecular weight is 402 g/mol. The van der Waals surface area contributed by atoms with Gasteiger partial charge in [0, 0.05) is 5.92 Å². The molecule has 152 valence electrons. The van der Waals surface area contributed by atoms with Crippen LogP contribution in [0.4, 0.5) is 17.6 Å². The SMILES string of the molecule is CCCC1CCc2c(ccc3ccc(F)cc23)C1c1ccc(OC(F)(F)F)cc1. The Labute approximate surface area is 167 Å². The van der Waals surface area contributed by atoms with Crippen LogP contribution in [0.15, 0.2) is 54.6 Å². The number of benzene rings is 3. The molecule has 4 rings (SSSR count). The summed E-state index contributed by atoms with van der Waals surface area (Å²) in [6.45, 7) is 2.14. The number of alkyl halides is 3. The van der Waals surface area contributed by atoms with Crippen LogP contribution in [-0.4, -0.2) is 6.36 Å². The van der Waals surface area contributed by atoms with Crippen molar-refractivity contribution in [3.05, 3.63) is 77.1 Å². The molecule has 5 heteroatoms. The molecule has 0 saturated carbocycles. The van der Waals surface area contributed by atoms with Gasteiger partial charge in [-0.3, -0.25) is 0 Å². The second-order valence-electron chi connectivity index (χ2n) is 7.68. The van der Waals surface area contributed by atoms with Gasteiger partial charge in [-0.05, 0) is 76.9 Å². The molecule has 0 N–H and O–H groups in total. The molecule has 2 unspecified atom stereocenters. The minimum Gasteiger partial charge on any atom is -0.406 e. The van der Waals surface area contributed by atoms with Crippen LogP contribution in [0.3, 0.4) is 0 Å². The van der Waals surface area contributed by atoms with Gasteiger partial charge in [0.05, 0.1) is 0 Å². The molecule has 1 aliphatic carbocycles. The molecular formula is C24H22F4O. The van der Waals surface area contributed by atoms with E-state index in [9.17, 15) is 17.6 Å². The van der Waals surface area contributed by atoms with Crippen LogP contribution in [0.2, 0.25) is 0 Å². The minimum atomic E-state index is -4.70. The fourth-order valence-electron chi connectivity index (χ4n) is 4.70. The van der Waals surface area contributed by atoms with Crippen LogP contribution in [0, 0.1) is 11.7 Å². The first-order chi connectivity index (χ1) is 13.9. The van der Waals surface area contributed by atoms with Crippen LogP contribution in [-0.2, 0) is 6.42 Å². The van der Waals surface area contributed by atoms with Crippen molar-refractivity contribution in [2.45, 2.75) is 44.9 Å². The van der Waals surface area contributed by atoms with Gasteiger partial charge in [-0.2, -0.15) is 0 Å². The Bertz CT molecular complexity index is 1010. The molecule has 0 aromatic heterocycles. The molecular weight excluding hydrogens is 380 g/mol. The molecule has 3 aromatic rings. The number of aryl methyl sites for hydroxylation is 1. The molecule has 3 aromatic carbocycles. The molecule has 29 heavy (non-hydrogen) atoms. The Kier molecular flexibility index (Phi) is 5.24.